The Balaban J connectivity index is 1.18. The van der Waals surface area contributed by atoms with Crippen LogP contribution in [0.4, 0.5) is 11.5 Å². The molecule has 1 atom stereocenters. The predicted octanol–water partition coefficient (Wildman–Crippen LogP) is 4.18. The van der Waals surface area contributed by atoms with Crippen LogP contribution in [0.3, 0.4) is 0 Å². The smallest absolute Gasteiger partial charge is 0.235 e. The molecule has 2 N–H and O–H groups in total. The van der Waals surface area contributed by atoms with Crippen LogP contribution in [0.5, 0.6) is 5.75 Å². The Morgan fingerprint density at radius 3 is 2.71 bits per heavy atom. The van der Waals surface area contributed by atoms with Gasteiger partial charge in [-0.3, -0.25) is 19.4 Å². The summed E-state index contributed by atoms with van der Waals surface area (Å²) < 4.78 is 6.08. The molecular weight excluding hydrogens is 504 g/mol. The number of hydrogen-bond acceptors (Lipinski definition) is 6. The van der Waals surface area contributed by atoms with Gasteiger partial charge in [-0.15, -0.1) is 0 Å². The summed E-state index contributed by atoms with van der Waals surface area (Å²) in [5.74, 6) is 1.96. The largest absolute Gasteiger partial charge is 0.491 e. The van der Waals surface area contributed by atoms with Crippen molar-refractivity contribution in [2.45, 2.75) is 63.8 Å². The summed E-state index contributed by atoms with van der Waals surface area (Å²) >= 11 is 6.24. The number of nitrogens with one attached hydrogen (secondary N) is 1. The number of hydrogen-bond donors (Lipinski definition) is 2. The zero-order chi connectivity index (χ0) is 26.9. The van der Waals surface area contributed by atoms with Crippen LogP contribution in [0.25, 0.3) is 0 Å². The second-order valence-electron chi connectivity index (χ2n) is 11.1. The molecule has 0 unspecified atom stereocenters. The fourth-order valence-electron chi connectivity index (χ4n) is 6.20. The van der Waals surface area contributed by atoms with Crippen LogP contribution in [0.15, 0.2) is 30.5 Å². The molecule has 5 rings (SSSR count). The Kier molecular flexibility index (Phi) is 7.93. The number of rotatable bonds is 9. The van der Waals surface area contributed by atoms with E-state index in [0.29, 0.717) is 48.4 Å². The Hall–Kier alpha value is -2.68. The molecule has 0 radical (unpaired) electrons. The Morgan fingerprint density at radius 1 is 1.18 bits per heavy atom. The molecule has 38 heavy (non-hydrogen) atoms. The highest BCUT2D eigenvalue weighted by atomic mass is 35.5. The molecule has 1 saturated heterocycles. The van der Waals surface area contributed by atoms with Gasteiger partial charge >= 0.3 is 0 Å². The topological polar surface area (TPSA) is 95.0 Å². The van der Waals surface area contributed by atoms with E-state index in [-0.39, 0.29) is 24.5 Å². The number of carbonyl (C=O) groups is 2. The van der Waals surface area contributed by atoms with Gasteiger partial charge in [0.1, 0.15) is 18.2 Å². The highest BCUT2D eigenvalue weighted by Gasteiger charge is 2.48. The van der Waals surface area contributed by atoms with Gasteiger partial charge in [0, 0.05) is 36.3 Å². The van der Waals surface area contributed by atoms with E-state index in [1.165, 1.54) is 0 Å². The highest BCUT2D eigenvalue weighted by Crippen LogP contribution is 2.45. The van der Waals surface area contributed by atoms with Crippen LogP contribution in [-0.2, 0) is 21.4 Å². The van der Waals surface area contributed by atoms with Crippen molar-refractivity contribution in [2.24, 2.45) is 5.92 Å². The van der Waals surface area contributed by atoms with Crippen LogP contribution in [0.2, 0.25) is 5.02 Å². The highest BCUT2D eigenvalue weighted by molar-refractivity contribution is 6.31. The van der Waals surface area contributed by atoms with Crippen LogP contribution >= 0.6 is 11.6 Å². The lowest BCUT2D eigenvalue weighted by Gasteiger charge is -2.38. The van der Waals surface area contributed by atoms with Crippen molar-refractivity contribution in [3.05, 3.63) is 46.6 Å². The van der Waals surface area contributed by atoms with Crippen molar-refractivity contribution in [1.82, 2.24) is 9.88 Å². The van der Waals surface area contributed by atoms with E-state index in [1.807, 2.05) is 24.3 Å². The second kappa shape index (κ2) is 11.2. The minimum absolute atomic E-state index is 0.0419. The lowest BCUT2D eigenvalue weighted by atomic mass is 9.73. The number of halogens is 1. The average Bonchev–Trinajstić information content (AvgIpc) is 3.15. The first kappa shape index (κ1) is 26.9. The van der Waals surface area contributed by atoms with Crippen LogP contribution in [0.1, 0.15) is 57.1 Å². The number of anilines is 2. The van der Waals surface area contributed by atoms with Gasteiger partial charge in [-0.1, -0.05) is 25.4 Å². The zero-order valence-electron chi connectivity index (χ0n) is 22.2. The number of carbonyl (C=O) groups excluding carboxylic acids is 2. The minimum atomic E-state index is -0.493. The van der Waals surface area contributed by atoms with Gasteiger partial charge in [-0.25, -0.2) is 4.98 Å². The first-order chi connectivity index (χ1) is 18.3. The molecule has 1 spiro atoms. The molecular formula is C29H37ClN4O4. The lowest BCUT2D eigenvalue weighted by molar-refractivity contribution is -0.122. The standard InChI is InChI=1S/C29H37ClN4O4/c1-19(2)15-22(7-13-35)34-26(36)6-3-20-16-23(18-31-27(20)34)38-14-12-33-10-8-29(9-11-33)24-17-21(30)4-5-25(24)32-28(29)37/h4-5,16-19,22,35H,3,6-15H2,1-2H3,(H,32,37)/t22-/m0/s1. The molecule has 1 aromatic carbocycles. The number of aliphatic hydroxyl groups is 1. The van der Waals surface area contributed by atoms with E-state index in [4.69, 9.17) is 16.3 Å². The second-order valence-corrected chi connectivity index (χ2v) is 11.6. The summed E-state index contributed by atoms with van der Waals surface area (Å²) in [6.07, 6.45) is 5.65. The molecule has 0 aliphatic carbocycles. The van der Waals surface area contributed by atoms with Crippen molar-refractivity contribution in [1.29, 1.82) is 0 Å². The third-order valence-electron chi connectivity index (χ3n) is 8.16. The summed E-state index contributed by atoms with van der Waals surface area (Å²) in [5, 5.41) is 13.3. The Morgan fingerprint density at radius 2 is 1.97 bits per heavy atom. The van der Waals surface area contributed by atoms with Gasteiger partial charge in [0.2, 0.25) is 11.8 Å². The van der Waals surface area contributed by atoms with Crippen molar-refractivity contribution in [3.63, 3.8) is 0 Å². The van der Waals surface area contributed by atoms with Crippen LogP contribution in [-0.4, -0.2) is 65.7 Å². The number of aromatic nitrogens is 1. The summed E-state index contributed by atoms with van der Waals surface area (Å²) in [7, 11) is 0. The van der Waals surface area contributed by atoms with Crippen molar-refractivity contribution < 1.29 is 19.4 Å². The SMILES string of the molecule is CC(C)C[C@H](CCO)N1C(=O)CCc2cc(OCCN3CCC4(CC3)C(=O)Nc3ccc(Cl)cc34)cnc21. The van der Waals surface area contributed by atoms with Crippen LogP contribution < -0.4 is 15.0 Å². The molecule has 2 amide bonds. The first-order valence-electron chi connectivity index (χ1n) is 13.7. The van der Waals surface area contributed by atoms with Gasteiger partial charge in [-0.2, -0.15) is 0 Å². The van der Waals surface area contributed by atoms with Crippen molar-refractivity contribution >= 4 is 34.9 Å². The van der Waals surface area contributed by atoms with E-state index >= 15 is 0 Å². The number of aliphatic hydroxyl groups excluding tert-OH is 1. The fourth-order valence-corrected chi connectivity index (χ4v) is 6.37. The summed E-state index contributed by atoms with van der Waals surface area (Å²) in [4.78, 5) is 34.5. The zero-order valence-corrected chi connectivity index (χ0v) is 23.0. The van der Waals surface area contributed by atoms with E-state index < -0.39 is 5.41 Å². The van der Waals surface area contributed by atoms with Crippen LogP contribution in [0, 0.1) is 5.92 Å². The molecule has 8 nitrogen and oxygen atoms in total. The minimum Gasteiger partial charge on any atom is -0.491 e. The van der Waals surface area contributed by atoms with E-state index in [2.05, 4.69) is 29.0 Å². The molecule has 9 heteroatoms. The molecule has 3 aliphatic heterocycles. The predicted molar refractivity (Wildman–Crippen MR) is 148 cm³/mol. The number of fused-ring (bicyclic) bond motifs is 3. The maximum Gasteiger partial charge on any atom is 0.235 e. The molecule has 3 aliphatic rings. The lowest BCUT2D eigenvalue weighted by Crippen LogP contribution is -2.47. The third-order valence-corrected chi connectivity index (χ3v) is 8.39. The maximum atomic E-state index is 12.9. The average molecular weight is 541 g/mol. The molecule has 0 saturated carbocycles. The monoisotopic (exact) mass is 540 g/mol. The number of pyridine rings is 1. The van der Waals surface area contributed by atoms with E-state index in [0.717, 1.165) is 55.7 Å². The number of ether oxygens (including phenoxy) is 1. The number of benzene rings is 1. The molecule has 2 aromatic rings. The number of nitrogens with zero attached hydrogens (tertiary/aromatic N) is 3. The van der Waals surface area contributed by atoms with Crippen molar-refractivity contribution in [2.75, 3.05) is 43.1 Å². The summed E-state index contributed by atoms with van der Waals surface area (Å²) in [6.45, 7) is 7.20. The Labute approximate surface area is 229 Å². The fraction of sp³-hybridized carbons (Fsp3) is 0.552. The number of aryl methyl sites for hydroxylation is 1. The van der Waals surface area contributed by atoms with E-state index in [9.17, 15) is 14.7 Å². The molecule has 1 aromatic heterocycles. The maximum absolute atomic E-state index is 12.9. The third kappa shape index (κ3) is 5.26. The molecule has 4 heterocycles. The van der Waals surface area contributed by atoms with Crippen molar-refractivity contribution in [3.8, 4) is 5.75 Å². The molecule has 1 fully saturated rings. The first-order valence-corrected chi connectivity index (χ1v) is 14.1. The Bertz CT molecular complexity index is 1200. The van der Waals surface area contributed by atoms with Gasteiger partial charge in [-0.05, 0) is 86.5 Å². The number of piperidine rings is 1. The molecule has 0 bridgehead atoms. The number of amides is 2. The van der Waals surface area contributed by atoms with Gasteiger partial charge < -0.3 is 15.2 Å². The van der Waals surface area contributed by atoms with Gasteiger partial charge in [0.05, 0.1) is 11.6 Å². The summed E-state index contributed by atoms with van der Waals surface area (Å²) in [5.41, 5.74) is 2.42. The normalized spacial score (nSPS) is 19.4. The van der Waals surface area contributed by atoms with Gasteiger partial charge in [0.25, 0.3) is 0 Å². The van der Waals surface area contributed by atoms with E-state index in [1.54, 1.807) is 11.1 Å². The number of likely N-dealkylation sites (tertiary alicyclic amines) is 1. The van der Waals surface area contributed by atoms with Gasteiger partial charge in [0.15, 0.2) is 0 Å². The quantitative estimate of drug-likeness (QED) is 0.495. The summed E-state index contributed by atoms with van der Waals surface area (Å²) in [6, 6.07) is 7.58. The molecule has 204 valence electrons.